The molecule has 1 saturated heterocycles. The molecule has 0 amide bonds. The lowest BCUT2D eigenvalue weighted by Gasteiger charge is -2.38. The van der Waals surface area contributed by atoms with E-state index in [9.17, 15) is 8.78 Å². The smallest absolute Gasteiger partial charge is 0.255 e. The number of hydrogen-bond acceptors (Lipinski definition) is 1. The average molecular weight is 149 g/mol. The van der Waals surface area contributed by atoms with Gasteiger partial charge in [0.25, 0.3) is 5.92 Å². The number of piperidine rings is 1. The van der Waals surface area contributed by atoms with Crippen LogP contribution in [0.15, 0.2) is 0 Å². The van der Waals surface area contributed by atoms with Gasteiger partial charge < -0.3 is 5.32 Å². The number of nitrogens with one attached hydrogen (secondary N) is 1. The zero-order chi connectivity index (χ0) is 7.83. The number of halogens is 2. The van der Waals surface area contributed by atoms with Crippen molar-refractivity contribution in [3.8, 4) is 0 Å². The first kappa shape index (κ1) is 7.92. The van der Waals surface area contributed by atoms with Gasteiger partial charge in [0.1, 0.15) is 0 Å². The molecule has 10 heavy (non-hydrogen) atoms. The Hall–Kier alpha value is -0.180. The third kappa shape index (κ3) is 1.15. The molecular weight excluding hydrogens is 136 g/mol. The lowest BCUT2D eigenvalue weighted by Crippen LogP contribution is -2.50. The van der Waals surface area contributed by atoms with Crippen molar-refractivity contribution in [3.05, 3.63) is 0 Å². The van der Waals surface area contributed by atoms with Gasteiger partial charge in [0, 0.05) is 24.9 Å². The summed E-state index contributed by atoms with van der Waals surface area (Å²) in [6, 6.07) is 0. The molecule has 1 heterocycles. The molecule has 60 valence electrons. The molecule has 0 aromatic carbocycles. The maximum Gasteiger partial charge on any atom is 0.255 e. The highest BCUT2D eigenvalue weighted by atomic mass is 19.3. The fraction of sp³-hybridized carbons (Fsp3) is 1.00. The Morgan fingerprint density at radius 2 is 1.90 bits per heavy atom. The Balaban J connectivity index is 2.70. The van der Waals surface area contributed by atoms with Crippen molar-refractivity contribution in [3.63, 3.8) is 0 Å². The van der Waals surface area contributed by atoms with E-state index >= 15 is 0 Å². The molecule has 0 bridgehead atoms. The molecule has 0 aliphatic carbocycles. The van der Waals surface area contributed by atoms with E-state index in [1.54, 1.807) is 13.8 Å². The Morgan fingerprint density at radius 3 is 2.20 bits per heavy atom. The zero-order valence-electron chi connectivity index (χ0n) is 6.38. The van der Waals surface area contributed by atoms with Crippen molar-refractivity contribution in [2.75, 3.05) is 13.1 Å². The summed E-state index contributed by atoms with van der Waals surface area (Å²) in [4.78, 5) is 0. The van der Waals surface area contributed by atoms with E-state index in [1.165, 1.54) is 0 Å². The molecule has 0 aromatic rings. The van der Waals surface area contributed by atoms with Gasteiger partial charge in [-0.3, -0.25) is 0 Å². The molecule has 1 fully saturated rings. The van der Waals surface area contributed by atoms with Gasteiger partial charge >= 0.3 is 0 Å². The lowest BCUT2D eigenvalue weighted by atomic mass is 9.81. The molecule has 1 N–H and O–H groups in total. The highest BCUT2D eigenvalue weighted by molar-refractivity contribution is 4.91. The van der Waals surface area contributed by atoms with Crippen LogP contribution in [0.25, 0.3) is 0 Å². The third-order valence-electron chi connectivity index (χ3n) is 2.17. The summed E-state index contributed by atoms with van der Waals surface area (Å²) >= 11 is 0. The zero-order valence-corrected chi connectivity index (χ0v) is 6.38. The largest absolute Gasteiger partial charge is 0.316 e. The van der Waals surface area contributed by atoms with E-state index in [0.29, 0.717) is 13.1 Å². The first-order chi connectivity index (χ1) is 4.46. The molecular formula is C7H13F2N. The van der Waals surface area contributed by atoms with E-state index in [-0.39, 0.29) is 6.42 Å². The summed E-state index contributed by atoms with van der Waals surface area (Å²) in [5.41, 5.74) is -0.870. The first-order valence-electron chi connectivity index (χ1n) is 3.54. The fourth-order valence-electron chi connectivity index (χ4n) is 1.11. The van der Waals surface area contributed by atoms with Crippen molar-refractivity contribution < 1.29 is 8.78 Å². The maximum absolute atomic E-state index is 12.9. The molecule has 1 nitrogen and oxygen atoms in total. The minimum absolute atomic E-state index is 0.0278. The highest BCUT2D eigenvalue weighted by Gasteiger charge is 2.47. The standard InChI is InChI=1S/C7H13F2N/c1-6(2)5-10-4-3-7(6,8)9/h10H,3-5H2,1-2H3. The van der Waals surface area contributed by atoms with Crippen molar-refractivity contribution in [1.82, 2.24) is 5.32 Å². The van der Waals surface area contributed by atoms with Crippen LogP contribution in [0.1, 0.15) is 20.3 Å². The van der Waals surface area contributed by atoms with Crippen molar-refractivity contribution in [2.24, 2.45) is 5.41 Å². The summed E-state index contributed by atoms with van der Waals surface area (Å²) in [5.74, 6) is -2.49. The number of rotatable bonds is 0. The fourth-order valence-corrected chi connectivity index (χ4v) is 1.11. The van der Waals surface area contributed by atoms with E-state index < -0.39 is 11.3 Å². The van der Waals surface area contributed by atoms with Gasteiger partial charge in [-0.25, -0.2) is 8.78 Å². The van der Waals surface area contributed by atoms with Gasteiger partial charge in [-0.1, -0.05) is 13.8 Å². The molecule has 0 atom stereocenters. The van der Waals surface area contributed by atoms with Gasteiger partial charge in [0.2, 0.25) is 0 Å². The highest BCUT2D eigenvalue weighted by Crippen LogP contribution is 2.40. The Kier molecular flexibility index (Phi) is 1.71. The number of hydrogen-bond donors (Lipinski definition) is 1. The molecule has 3 heteroatoms. The van der Waals surface area contributed by atoms with Crippen LogP contribution in [0.5, 0.6) is 0 Å². The minimum Gasteiger partial charge on any atom is -0.316 e. The Bertz CT molecular complexity index is 116. The molecule has 1 rings (SSSR count). The van der Waals surface area contributed by atoms with Crippen LogP contribution in [0.2, 0.25) is 0 Å². The second-order valence-electron chi connectivity index (χ2n) is 3.52. The van der Waals surface area contributed by atoms with Gasteiger partial charge in [-0.15, -0.1) is 0 Å². The topological polar surface area (TPSA) is 12.0 Å². The molecule has 0 aromatic heterocycles. The van der Waals surface area contributed by atoms with Crippen LogP contribution in [0, 0.1) is 5.41 Å². The van der Waals surface area contributed by atoms with Crippen LogP contribution >= 0.6 is 0 Å². The minimum atomic E-state index is -2.49. The monoisotopic (exact) mass is 149 g/mol. The Labute approximate surface area is 59.8 Å². The van der Waals surface area contributed by atoms with Gasteiger partial charge in [0.05, 0.1) is 0 Å². The molecule has 1 aliphatic heterocycles. The summed E-state index contributed by atoms with van der Waals surface area (Å²) in [6.07, 6.45) is -0.0278. The van der Waals surface area contributed by atoms with Crippen LogP contribution in [0.3, 0.4) is 0 Å². The van der Waals surface area contributed by atoms with E-state index in [1.807, 2.05) is 0 Å². The summed E-state index contributed by atoms with van der Waals surface area (Å²) in [5, 5.41) is 2.95. The summed E-state index contributed by atoms with van der Waals surface area (Å²) < 4.78 is 25.9. The summed E-state index contributed by atoms with van der Waals surface area (Å²) in [6.45, 7) is 4.05. The summed E-state index contributed by atoms with van der Waals surface area (Å²) in [7, 11) is 0. The predicted molar refractivity (Wildman–Crippen MR) is 36.2 cm³/mol. The molecule has 0 spiro atoms. The second-order valence-corrected chi connectivity index (χ2v) is 3.52. The maximum atomic E-state index is 12.9. The van der Waals surface area contributed by atoms with Crippen LogP contribution in [-0.2, 0) is 0 Å². The molecule has 1 aliphatic rings. The van der Waals surface area contributed by atoms with Crippen LogP contribution < -0.4 is 5.32 Å². The normalized spacial score (nSPS) is 30.0. The van der Waals surface area contributed by atoms with Gasteiger partial charge in [0.15, 0.2) is 0 Å². The second kappa shape index (κ2) is 2.16. The van der Waals surface area contributed by atoms with Crippen molar-refractivity contribution in [1.29, 1.82) is 0 Å². The molecule has 0 unspecified atom stereocenters. The predicted octanol–water partition coefficient (Wildman–Crippen LogP) is 1.64. The quantitative estimate of drug-likeness (QED) is 0.552. The average Bonchev–Trinajstić information content (AvgIpc) is 1.77. The van der Waals surface area contributed by atoms with Crippen molar-refractivity contribution in [2.45, 2.75) is 26.2 Å². The van der Waals surface area contributed by atoms with Crippen LogP contribution in [-0.4, -0.2) is 19.0 Å². The van der Waals surface area contributed by atoms with Gasteiger partial charge in [-0.05, 0) is 0 Å². The van der Waals surface area contributed by atoms with Gasteiger partial charge in [-0.2, -0.15) is 0 Å². The first-order valence-corrected chi connectivity index (χ1v) is 3.54. The lowest BCUT2D eigenvalue weighted by molar-refractivity contribution is -0.123. The van der Waals surface area contributed by atoms with Crippen molar-refractivity contribution >= 4 is 0 Å². The molecule has 0 saturated carbocycles. The van der Waals surface area contributed by atoms with Crippen LogP contribution in [0.4, 0.5) is 8.78 Å². The molecule has 0 radical (unpaired) electrons. The third-order valence-corrected chi connectivity index (χ3v) is 2.17. The van der Waals surface area contributed by atoms with E-state index in [0.717, 1.165) is 0 Å². The van der Waals surface area contributed by atoms with E-state index in [4.69, 9.17) is 0 Å². The number of alkyl halides is 2. The van der Waals surface area contributed by atoms with E-state index in [2.05, 4.69) is 5.32 Å². The SMILES string of the molecule is CC1(C)CNCCC1(F)F. The Morgan fingerprint density at radius 1 is 1.30 bits per heavy atom.